The smallest absolute Gasteiger partial charge is 0.393 e. The number of rotatable bonds is 12. The molecule has 9 unspecified atom stereocenters. The number of alkyl halides is 1. The first-order valence-electron chi connectivity index (χ1n) is 13.4. The van der Waals surface area contributed by atoms with Gasteiger partial charge >= 0.3 is 14.5 Å². The van der Waals surface area contributed by atoms with Gasteiger partial charge in [-0.3, -0.25) is 4.52 Å². The van der Waals surface area contributed by atoms with Gasteiger partial charge in [0.2, 0.25) is 0 Å². The molecule has 0 spiro atoms. The summed E-state index contributed by atoms with van der Waals surface area (Å²) < 4.78 is 59.1. The highest BCUT2D eigenvalue weighted by Crippen LogP contribution is 2.65. The minimum Gasteiger partial charge on any atom is -0.393 e. The molecule has 3 aliphatic rings. The summed E-state index contributed by atoms with van der Waals surface area (Å²) in [5, 5.41) is 40.2. The molecule has 0 amide bonds. The molecule has 22 heteroatoms. The quantitative estimate of drug-likeness (QED) is 0.101. The third kappa shape index (κ3) is 6.01. The number of aromatic amines is 1. The van der Waals surface area contributed by atoms with Gasteiger partial charge in [-0.1, -0.05) is 0 Å². The van der Waals surface area contributed by atoms with E-state index in [4.69, 9.17) is 50.2 Å². The van der Waals surface area contributed by atoms with Crippen LogP contribution in [-0.2, 0) is 43.9 Å². The summed E-state index contributed by atoms with van der Waals surface area (Å²) in [6.07, 6.45) is -5.04. The van der Waals surface area contributed by atoms with Gasteiger partial charge in [-0.25, -0.2) is 23.2 Å². The molecule has 2 aliphatic heterocycles. The fourth-order valence-corrected chi connectivity index (χ4v) is 9.37. The number of nitrogens with two attached hydrogens (primary N) is 1. The van der Waals surface area contributed by atoms with Crippen molar-refractivity contribution in [2.75, 3.05) is 33.1 Å². The van der Waals surface area contributed by atoms with E-state index in [1.165, 1.54) is 20.5 Å². The number of aliphatic imine (C=N–C) groups is 1. The average Bonchev–Trinajstić information content (AvgIpc) is 3.54. The summed E-state index contributed by atoms with van der Waals surface area (Å²) in [5.74, 6) is -6.31. The Hall–Kier alpha value is -1.58. The van der Waals surface area contributed by atoms with Crippen LogP contribution in [0.5, 0.6) is 0 Å². The number of hydrogen-bond donors (Lipinski definition) is 8. The number of phosphoric ester groups is 1. The molecule has 252 valence electrons. The Labute approximate surface area is 260 Å². The van der Waals surface area contributed by atoms with E-state index in [1.807, 2.05) is 0 Å². The monoisotopic (exact) mass is 701 g/mol. The molecule has 2 saturated heterocycles. The topological polar surface area (TPSA) is 274 Å². The van der Waals surface area contributed by atoms with Gasteiger partial charge in [0.25, 0.3) is 0 Å². The van der Waals surface area contributed by atoms with Gasteiger partial charge in [0.15, 0.2) is 17.9 Å². The number of H-pyrrole nitrogens is 1. The number of aliphatic hydroxyl groups excluding tert-OH is 3. The Morgan fingerprint density at radius 2 is 2.04 bits per heavy atom. The zero-order valence-corrected chi connectivity index (χ0v) is 26.6. The van der Waals surface area contributed by atoms with Crippen LogP contribution in [0.4, 0.5) is 10.2 Å². The SMILES string of the molecule is CN=CC1[C@@H](COP(O)(=S)OP(=O)(O)OC2OC3(O)C2C(O)C(O)C3[C@@H](F)CO)O[C@@H](c2c[nH]c3c(N)ncnc23)[C@]1(C)OC. The molecule has 2 aromatic heterocycles. The predicted molar refractivity (Wildman–Crippen MR) is 154 cm³/mol. The van der Waals surface area contributed by atoms with E-state index in [-0.39, 0.29) is 5.82 Å². The van der Waals surface area contributed by atoms with Gasteiger partial charge in [-0.05, 0) is 18.7 Å². The minimum atomic E-state index is -5.34. The van der Waals surface area contributed by atoms with Crippen molar-refractivity contribution in [3.05, 3.63) is 18.1 Å². The first-order chi connectivity index (χ1) is 21.0. The lowest BCUT2D eigenvalue weighted by molar-refractivity contribution is -0.426. The number of fused-ring (bicyclic) bond motifs is 2. The van der Waals surface area contributed by atoms with Crippen molar-refractivity contribution in [3.63, 3.8) is 0 Å². The van der Waals surface area contributed by atoms with Gasteiger partial charge < -0.3 is 64.7 Å². The number of halogens is 1. The van der Waals surface area contributed by atoms with E-state index in [9.17, 15) is 34.1 Å². The second kappa shape index (κ2) is 12.5. The molecular formula is C23H34FN5O13P2S. The highest BCUT2D eigenvalue weighted by Gasteiger charge is 2.74. The molecule has 9 N–H and O–H groups in total. The van der Waals surface area contributed by atoms with Crippen molar-refractivity contribution < 1.29 is 66.7 Å². The van der Waals surface area contributed by atoms with Crippen molar-refractivity contribution in [3.8, 4) is 0 Å². The van der Waals surface area contributed by atoms with Crippen molar-refractivity contribution in [1.82, 2.24) is 15.0 Å². The Morgan fingerprint density at radius 1 is 1.33 bits per heavy atom. The van der Waals surface area contributed by atoms with Gasteiger partial charge in [0.05, 0.1) is 54.8 Å². The van der Waals surface area contributed by atoms with Crippen LogP contribution >= 0.6 is 14.5 Å². The average molecular weight is 702 g/mol. The van der Waals surface area contributed by atoms with Crippen LogP contribution in [0.3, 0.4) is 0 Å². The number of nitrogens with one attached hydrogen (secondary N) is 1. The lowest BCUT2D eigenvalue weighted by Gasteiger charge is -2.49. The van der Waals surface area contributed by atoms with Gasteiger partial charge in [-0.15, -0.1) is 0 Å². The number of hydrogen-bond acceptors (Lipinski definition) is 16. The molecule has 4 heterocycles. The second-order valence-corrected chi connectivity index (χ2v) is 15.4. The first kappa shape index (κ1) is 34.7. The highest BCUT2D eigenvalue weighted by molar-refractivity contribution is 8.08. The van der Waals surface area contributed by atoms with Gasteiger partial charge in [-0.2, -0.15) is 0 Å². The molecule has 0 radical (unpaired) electrons. The van der Waals surface area contributed by atoms with E-state index in [0.29, 0.717) is 16.6 Å². The lowest BCUT2D eigenvalue weighted by Crippen LogP contribution is -2.64. The van der Waals surface area contributed by atoms with Crippen molar-refractivity contribution in [2.24, 2.45) is 22.7 Å². The van der Waals surface area contributed by atoms with Crippen LogP contribution in [0, 0.1) is 17.8 Å². The minimum absolute atomic E-state index is 0.218. The van der Waals surface area contributed by atoms with Crippen LogP contribution in [0.25, 0.3) is 11.0 Å². The third-order valence-electron chi connectivity index (χ3n) is 8.50. The van der Waals surface area contributed by atoms with Crippen LogP contribution in [0.2, 0.25) is 0 Å². The Balaban J connectivity index is 1.28. The zero-order valence-electron chi connectivity index (χ0n) is 24.0. The number of anilines is 1. The molecule has 3 fully saturated rings. The molecule has 5 rings (SSSR count). The number of aromatic nitrogens is 3. The van der Waals surface area contributed by atoms with E-state index in [2.05, 4.69) is 19.9 Å². The molecule has 1 aliphatic carbocycles. The molecular weight excluding hydrogens is 667 g/mol. The molecule has 0 bridgehead atoms. The van der Waals surface area contributed by atoms with Crippen LogP contribution in [-0.4, -0.2) is 121 Å². The third-order valence-corrected chi connectivity index (χ3v) is 12.0. The molecule has 45 heavy (non-hydrogen) atoms. The van der Waals surface area contributed by atoms with Gasteiger partial charge in [0, 0.05) is 32.1 Å². The fourth-order valence-electron chi connectivity index (χ4n) is 6.27. The summed E-state index contributed by atoms with van der Waals surface area (Å²) in [5.41, 5.74) is 6.42. The number of aliphatic hydroxyl groups is 4. The molecule has 2 aromatic rings. The summed E-state index contributed by atoms with van der Waals surface area (Å²) in [7, 11) is -2.34. The van der Waals surface area contributed by atoms with Crippen molar-refractivity contribution in [2.45, 2.75) is 55.2 Å². The molecule has 13 atom stereocenters. The normalized spacial score (nSPS) is 39.9. The largest absolute Gasteiger partial charge is 0.481 e. The number of ether oxygens (including phenoxy) is 3. The van der Waals surface area contributed by atoms with E-state index in [1.54, 1.807) is 19.3 Å². The molecule has 18 nitrogen and oxygen atoms in total. The Kier molecular flexibility index (Phi) is 9.62. The zero-order chi connectivity index (χ0) is 33.1. The molecule has 0 aromatic carbocycles. The highest BCUT2D eigenvalue weighted by atomic mass is 32.5. The van der Waals surface area contributed by atoms with Crippen LogP contribution < -0.4 is 5.73 Å². The number of methoxy groups -OCH3 is 1. The first-order valence-corrected chi connectivity index (χ1v) is 17.5. The van der Waals surface area contributed by atoms with E-state index < -0.39 is 93.8 Å². The summed E-state index contributed by atoms with van der Waals surface area (Å²) >= 11 is 4.93. The summed E-state index contributed by atoms with van der Waals surface area (Å²) in [6.45, 7) is -4.39. The Bertz CT molecular complexity index is 1540. The predicted octanol–water partition coefficient (Wildman–Crippen LogP) is -0.588. The van der Waals surface area contributed by atoms with Crippen LogP contribution in [0.1, 0.15) is 18.6 Å². The maximum absolute atomic E-state index is 14.2. The maximum Gasteiger partial charge on any atom is 0.481 e. The van der Waals surface area contributed by atoms with E-state index in [0.717, 1.165) is 0 Å². The maximum atomic E-state index is 14.2. The Morgan fingerprint density at radius 3 is 2.69 bits per heavy atom. The van der Waals surface area contributed by atoms with E-state index >= 15 is 0 Å². The summed E-state index contributed by atoms with van der Waals surface area (Å²) in [4.78, 5) is 36.4. The summed E-state index contributed by atoms with van der Waals surface area (Å²) in [6, 6.07) is 0. The van der Waals surface area contributed by atoms with Gasteiger partial charge in [0.1, 0.15) is 29.7 Å². The fraction of sp³-hybridized carbons (Fsp3) is 0.696. The number of nitrogens with zero attached hydrogens (tertiary/aromatic N) is 3. The van der Waals surface area contributed by atoms with Crippen molar-refractivity contribution >= 4 is 49.4 Å². The molecule has 1 saturated carbocycles. The number of nitrogen functional groups attached to an aromatic ring is 1. The second-order valence-electron chi connectivity index (χ2n) is 11.0. The van der Waals surface area contributed by atoms with Crippen molar-refractivity contribution in [1.29, 1.82) is 0 Å². The number of phosphoric acid groups is 1. The van der Waals surface area contributed by atoms with Crippen LogP contribution in [0.15, 0.2) is 17.5 Å². The standard InChI is InChI=1S/C23H34FN5O13P2S/c1-22(37-3)10(5-26-2)12(39-19(22)9-4-27-16-15(9)28-8-29-20(16)25)7-38-44(36,45)42-43(34,35)41-21-14-18(32)17(31)13(11(24)6-30)23(14,33)40-21/h4-5,8,10-14,17-19,21,27,30-33H,6-7H2,1-3H3,(H,34,35)(H,36,45)(H2,25,28,29)/t10?,11-,12+,13?,14?,17?,18?,19-,21?,22+,23?,44?/m0/s1. The lowest BCUT2D eigenvalue weighted by atomic mass is 9.82.